The van der Waals surface area contributed by atoms with Gasteiger partial charge in [0, 0.05) is 7.26 Å². The molecule has 0 saturated carbocycles. The summed E-state index contributed by atoms with van der Waals surface area (Å²) in [5, 5.41) is 0. The van der Waals surface area contributed by atoms with Gasteiger partial charge in [-0.3, -0.25) is 0 Å². The molecule has 0 radical (unpaired) electrons. The number of hydrogen-bond acceptors (Lipinski definition) is 0. The topological polar surface area (TPSA) is 0 Å². The molecule has 0 unspecified atom stereocenters. The van der Waals surface area contributed by atoms with E-state index in [1.807, 2.05) is 0 Å². The average Bonchev–Trinajstić information content (AvgIpc) is 2.44. The van der Waals surface area contributed by atoms with Gasteiger partial charge in [0.15, 0.2) is 0 Å². The van der Waals surface area contributed by atoms with Crippen molar-refractivity contribution in [2.24, 2.45) is 0 Å². The quantitative estimate of drug-likeness (QED) is 0.335. The fraction of sp³-hybridized carbons (Fsp3) is 1.00. The monoisotopic (exact) mass is 322 g/mol. The molecule has 0 aromatic heterocycles. The fourth-order valence-electron chi connectivity index (χ4n) is 3.03. The zero-order valence-corrected chi connectivity index (χ0v) is 16.4. The zero-order chi connectivity index (χ0) is 14.4. The summed E-state index contributed by atoms with van der Waals surface area (Å²) in [4.78, 5) is 0. The fourth-order valence-corrected chi connectivity index (χ4v) is 8.22. The number of rotatable bonds is 14. The molecule has 0 N–H and O–H groups in total. The predicted molar refractivity (Wildman–Crippen MR) is 95.3 cm³/mol. The highest BCUT2D eigenvalue weighted by molar-refractivity contribution is 7.75. The van der Waals surface area contributed by atoms with E-state index in [2.05, 4.69) is 27.7 Å². The molecule has 0 saturated heterocycles. The Morgan fingerprint density at radius 1 is 0.450 bits per heavy atom. The van der Waals surface area contributed by atoms with E-state index in [1.54, 1.807) is 24.6 Å². The summed E-state index contributed by atoms with van der Waals surface area (Å²) < 4.78 is 0. The van der Waals surface area contributed by atoms with Crippen LogP contribution in [-0.2, 0) is 0 Å². The molecule has 0 aromatic carbocycles. The summed E-state index contributed by atoms with van der Waals surface area (Å²) >= 11 is 0. The molecular weight excluding hydrogens is 283 g/mol. The predicted octanol–water partition coefficient (Wildman–Crippen LogP) is 3.99. The van der Waals surface area contributed by atoms with Crippen molar-refractivity contribution in [3.8, 4) is 0 Å². The van der Waals surface area contributed by atoms with Gasteiger partial charge in [0.25, 0.3) is 0 Å². The molecule has 20 heavy (non-hydrogen) atoms. The van der Waals surface area contributed by atoms with Crippen LogP contribution in [-0.4, -0.2) is 24.6 Å². The smallest absolute Gasteiger partial charge is 0.0594 e. The summed E-state index contributed by atoms with van der Waals surface area (Å²) in [6.07, 6.45) is 21.0. The molecule has 0 bridgehead atoms. The molecule has 124 valence electrons. The molecule has 0 amide bonds. The van der Waals surface area contributed by atoms with E-state index in [0.29, 0.717) is 0 Å². The van der Waals surface area contributed by atoms with Crippen LogP contribution in [0.25, 0.3) is 0 Å². The summed E-state index contributed by atoms with van der Waals surface area (Å²) in [5.41, 5.74) is 0. The van der Waals surface area contributed by atoms with Crippen LogP contribution in [0.2, 0.25) is 0 Å². The maximum atomic E-state index is 2.37. The van der Waals surface area contributed by atoms with Gasteiger partial charge in [-0.2, -0.15) is 0 Å². The largest absolute Gasteiger partial charge is 1.00 e. The Morgan fingerprint density at radius 3 is 1.15 bits per heavy atom. The van der Waals surface area contributed by atoms with Gasteiger partial charge in [-0.1, -0.05) is 59.8 Å². The first-order valence-corrected chi connectivity index (χ1v) is 11.6. The molecule has 0 nitrogen and oxygen atoms in total. The van der Waals surface area contributed by atoms with E-state index in [4.69, 9.17) is 0 Å². The third-order valence-electron chi connectivity index (χ3n) is 4.44. The van der Waals surface area contributed by atoms with Crippen LogP contribution >= 0.6 is 7.26 Å². The molecule has 0 aliphatic carbocycles. The second kappa shape index (κ2) is 16.1. The summed E-state index contributed by atoms with van der Waals surface area (Å²) in [6.45, 7) is 9.43. The molecule has 0 heterocycles. The van der Waals surface area contributed by atoms with Gasteiger partial charge in [0.05, 0.1) is 24.6 Å². The van der Waals surface area contributed by atoms with Crippen molar-refractivity contribution >= 4 is 7.26 Å². The van der Waals surface area contributed by atoms with Gasteiger partial charge in [-0.15, -0.1) is 0 Å². The third kappa shape index (κ3) is 11.4. The lowest BCUT2D eigenvalue weighted by molar-refractivity contribution is -0.00000447. The second-order valence-electron chi connectivity index (χ2n) is 6.36. The molecule has 0 rings (SSSR count). The Labute approximate surface area is 136 Å². The molecule has 0 fully saturated rings. The lowest BCUT2D eigenvalue weighted by Gasteiger charge is -2.28. The van der Waals surface area contributed by atoms with Gasteiger partial charge in [-0.25, -0.2) is 0 Å². The van der Waals surface area contributed by atoms with E-state index >= 15 is 0 Å². The van der Waals surface area contributed by atoms with Crippen LogP contribution in [0, 0.1) is 0 Å². The van der Waals surface area contributed by atoms with Crippen LogP contribution in [0.5, 0.6) is 0 Å². The van der Waals surface area contributed by atoms with Gasteiger partial charge in [0.2, 0.25) is 0 Å². The van der Waals surface area contributed by atoms with Crippen LogP contribution in [0.4, 0.5) is 0 Å². The van der Waals surface area contributed by atoms with Crippen LogP contribution in [0.15, 0.2) is 0 Å². The standard InChI is InChI=1S/C18H40P.ClH/c1-5-9-13-14-18-19(15-10-6-2,16-11-7-3)17-12-8-4;/h5-18H2,1-4H3;1H/q+1;/p-1. The average molecular weight is 323 g/mol. The number of unbranched alkanes of at least 4 members (excludes halogenated alkanes) is 6. The third-order valence-corrected chi connectivity index (χ3v) is 9.50. The Morgan fingerprint density at radius 2 is 0.800 bits per heavy atom. The summed E-state index contributed by atoms with van der Waals surface area (Å²) in [7, 11) is -0.586. The van der Waals surface area contributed by atoms with Crippen molar-refractivity contribution < 1.29 is 12.4 Å². The molecular formula is C18H40ClP. The molecule has 0 spiro atoms. The van der Waals surface area contributed by atoms with Crippen molar-refractivity contribution in [2.75, 3.05) is 24.6 Å². The Balaban J connectivity index is 0. The Bertz CT molecular complexity index is 160. The maximum Gasteiger partial charge on any atom is 0.0594 e. The van der Waals surface area contributed by atoms with E-state index < -0.39 is 7.26 Å². The first kappa shape index (κ1) is 23.0. The van der Waals surface area contributed by atoms with Crippen molar-refractivity contribution in [1.82, 2.24) is 0 Å². The minimum absolute atomic E-state index is 0. The van der Waals surface area contributed by atoms with Gasteiger partial charge < -0.3 is 12.4 Å². The highest BCUT2D eigenvalue weighted by Gasteiger charge is 2.34. The van der Waals surface area contributed by atoms with Gasteiger partial charge in [0.1, 0.15) is 0 Å². The van der Waals surface area contributed by atoms with Crippen molar-refractivity contribution in [3.05, 3.63) is 0 Å². The lowest BCUT2D eigenvalue weighted by Crippen LogP contribution is -3.00. The highest BCUT2D eigenvalue weighted by atomic mass is 35.5. The summed E-state index contributed by atoms with van der Waals surface area (Å²) in [5.74, 6) is 0. The van der Waals surface area contributed by atoms with E-state index in [-0.39, 0.29) is 12.4 Å². The minimum Gasteiger partial charge on any atom is -1.00 e. The lowest BCUT2D eigenvalue weighted by atomic mass is 10.2. The number of halogens is 1. The second-order valence-corrected chi connectivity index (χ2v) is 10.8. The van der Waals surface area contributed by atoms with Crippen LogP contribution < -0.4 is 12.4 Å². The van der Waals surface area contributed by atoms with Crippen molar-refractivity contribution in [2.45, 2.75) is 91.9 Å². The van der Waals surface area contributed by atoms with Crippen molar-refractivity contribution in [3.63, 3.8) is 0 Å². The zero-order valence-electron chi connectivity index (χ0n) is 14.7. The van der Waals surface area contributed by atoms with Gasteiger partial charge >= 0.3 is 0 Å². The first-order chi connectivity index (χ1) is 9.24. The summed E-state index contributed by atoms with van der Waals surface area (Å²) in [6, 6.07) is 0. The molecule has 0 aliphatic rings. The maximum absolute atomic E-state index is 2.37. The molecule has 0 aliphatic heterocycles. The van der Waals surface area contributed by atoms with Gasteiger partial charge in [-0.05, 0) is 32.1 Å². The SMILES string of the molecule is CCCCCC[P+](CCCC)(CCCC)CCCC.[Cl-]. The Kier molecular flexibility index (Phi) is 18.5. The minimum atomic E-state index is -0.586. The molecule has 0 aromatic rings. The van der Waals surface area contributed by atoms with E-state index in [1.165, 1.54) is 64.2 Å². The van der Waals surface area contributed by atoms with Crippen molar-refractivity contribution in [1.29, 1.82) is 0 Å². The normalized spacial score (nSPS) is 11.4. The molecule has 2 heteroatoms. The van der Waals surface area contributed by atoms with E-state index in [0.717, 1.165) is 0 Å². The van der Waals surface area contributed by atoms with Crippen LogP contribution in [0.1, 0.15) is 91.9 Å². The Hall–Kier alpha value is 0.720. The highest BCUT2D eigenvalue weighted by Crippen LogP contribution is 2.61. The van der Waals surface area contributed by atoms with E-state index in [9.17, 15) is 0 Å². The number of hydrogen-bond donors (Lipinski definition) is 0. The first-order valence-electron chi connectivity index (χ1n) is 9.09. The molecule has 0 atom stereocenters. The van der Waals surface area contributed by atoms with Crippen LogP contribution in [0.3, 0.4) is 0 Å².